The predicted octanol–water partition coefficient (Wildman–Crippen LogP) is 5.66. The number of carbonyl (C=O) groups excluding carboxylic acids is 2. The van der Waals surface area contributed by atoms with Crippen molar-refractivity contribution < 1.29 is 9.59 Å². The third kappa shape index (κ3) is 3.51. The highest BCUT2D eigenvalue weighted by Crippen LogP contribution is 2.36. The Morgan fingerprint density at radius 3 is 2.27 bits per heavy atom. The summed E-state index contributed by atoms with van der Waals surface area (Å²) < 4.78 is 0. The Balaban J connectivity index is 1.89. The number of carbonyl (C=O) groups is 2. The second kappa shape index (κ2) is 7.81. The van der Waals surface area contributed by atoms with Gasteiger partial charge < -0.3 is 5.32 Å². The molecule has 4 rings (SSSR count). The molecule has 150 valence electrons. The summed E-state index contributed by atoms with van der Waals surface area (Å²) in [6.07, 6.45) is 0. The van der Waals surface area contributed by atoms with Crippen LogP contribution in [0.25, 0.3) is 5.57 Å². The van der Waals surface area contributed by atoms with E-state index in [2.05, 4.69) is 5.32 Å². The quantitative estimate of drug-likeness (QED) is 0.558. The molecular formula is C25H21ClN2O2. The van der Waals surface area contributed by atoms with E-state index in [9.17, 15) is 9.59 Å². The zero-order chi connectivity index (χ0) is 21.4. The van der Waals surface area contributed by atoms with Gasteiger partial charge in [-0.2, -0.15) is 0 Å². The van der Waals surface area contributed by atoms with Crippen molar-refractivity contribution in [3.8, 4) is 0 Å². The third-order valence-electron chi connectivity index (χ3n) is 5.21. The topological polar surface area (TPSA) is 49.4 Å². The molecular weight excluding hydrogens is 396 g/mol. The van der Waals surface area contributed by atoms with Crippen molar-refractivity contribution in [1.29, 1.82) is 0 Å². The van der Waals surface area contributed by atoms with Crippen LogP contribution in [0.4, 0.5) is 11.4 Å². The van der Waals surface area contributed by atoms with E-state index >= 15 is 0 Å². The Morgan fingerprint density at radius 1 is 0.800 bits per heavy atom. The molecule has 0 radical (unpaired) electrons. The summed E-state index contributed by atoms with van der Waals surface area (Å²) in [5.74, 6) is -0.772. The van der Waals surface area contributed by atoms with Gasteiger partial charge in [-0.25, -0.2) is 4.90 Å². The van der Waals surface area contributed by atoms with Gasteiger partial charge in [0.25, 0.3) is 11.8 Å². The van der Waals surface area contributed by atoms with Gasteiger partial charge in [-0.05, 0) is 61.7 Å². The van der Waals surface area contributed by atoms with E-state index in [-0.39, 0.29) is 11.6 Å². The van der Waals surface area contributed by atoms with E-state index in [0.29, 0.717) is 16.3 Å². The second-order valence-corrected chi connectivity index (χ2v) is 7.87. The van der Waals surface area contributed by atoms with Gasteiger partial charge in [0.1, 0.15) is 5.70 Å². The molecule has 1 N–H and O–H groups in total. The first-order chi connectivity index (χ1) is 14.4. The van der Waals surface area contributed by atoms with Gasteiger partial charge in [0.05, 0.1) is 11.3 Å². The number of halogens is 1. The Bertz CT molecular complexity index is 1210. The lowest BCUT2D eigenvalue weighted by molar-refractivity contribution is -0.120. The van der Waals surface area contributed by atoms with Gasteiger partial charge in [-0.1, -0.05) is 59.6 Å². The van der Waals surface area contributed by atoms with Crippen molar-refractivity contribution in [2.45, 2.75) is 20.8 Å². The molecule has 0 spiro atoms. The molecule has 4 nitrogen and oxygen atoms in total. The van der Waals surface area contributed by atoms with E-state index in [1.165, 1.54) is 4.90 Å². The summed E-state index contributed by atoms with van der Waals surface area (Å²) in [5, 5.41) is 3.69. The number of para-hydroxylation sites is 1. The lowest BCUT2D eigenvalue weighted by Gasteiger charge is -2.16. The molecule has 0 bridgehead atoms. The van der Waals surface area contributed by atoms with E-state index in [1.54, 1.807) is 24.3 Å². The molecule has 0 saturated heterocycles. The van der Waals surface area contributed by atoms with Gasteiger partial charge in [0.15, 0.2) is 0 Å². The molecule has 30 heavy (non-hydrogen) atoms. The average Bonchev–Trinajstić information content (AvgIpc) is 2.94. The summed E-state index contributed by atoms with van der Waals surface area (Å²) in [5.41, 5.74) is 5.59. The van der Waals surface area contributed by atoms with Gasteiger partial charge in [-0.3, -0.25) is 9.59 Å². The molecule has 0 aromatic heterocycles. The fourth-order valence-electron chi connectivity index (χ4n) is 3.69. The first-order valence-electron chi connectivity index (χ1n) is 9.65. The van der Waals surface area contributed by atoms with E-state index < -0.39 is 5.91 Å². The summed E-state index contributed by atoms with van der Waals surface area (Å²) in [7, 11) is 0. The van der Waals surface area contributed by atoms with Crippen molar-refractivity contribution in [2.24, 2.45) is 0 Å². The van der Waals surface area contributed by atoms with E-state index in [1.807, 2.05) is 63.2 Å². The maximum atomic E-state index is 13.5. The summed E-state index contributed by atoms with van der Waals surface area (Å²) in [6.45, 7) is 5.90. The van der Waals surface area contributed by atoms with Crippen LogP contribution >= 0.6 is 11.6 Å². The van der Waals surface area contributed by atoms with E-state index in [0.717, 1.165) is 27.9 Å². The maximum absolute atomic E-state index is 13.5. The second-order valence-electron chi connectivity index (χ2n) is 7.43. The number of hydrogen-bond donors (Lipinski definition) is 1. The van der Waals surface area contributed by atoms with Crippen LogP contribution in [-0.2, 0) is 9.59 Å². The standard InChI is InChI=1S/C25H21ClN2O2/c1-15-11-12-20(17(3)13-15)22-23(27-21-10-5-4-7-16(21)2)25(30)28(24(22)29)19-9-6-8-18(26)14-19/h4-14,27H,1-3H3. The Hall–Kier alpha value is -3.37. The van der Waals surface area contributed by atoms with Crippen LogP contribution < -0.4 is 10.2 Å². The smallest absolute Gasteiger partial charge is 0.282 e. The predicted molar refractivity (Wildman–Crippen MR) is 122 cm³/mol. The minimum Gasteiger partial charge on any atom is -0.350 e. The first kappa shape index (κ1) is 19.9. The average molecular weight is 417 g/mol. The van der Waals surface area contributed by atoms with Crippen LogP contribution in [0.2, 0.25) is 5.02 Å². The van der Waals surface area contributed by atoms with Crippen molar-refractivity contribution in [3.05, 3.63) is 99.7 Å². The molecule has 2 amide bonds. The maximum Gasteiger partial charge on any atom is 0.282 e. The van der Waals surface area contributed by atoms with Crippen LogP contribution in [0.3, 0.4) is 0 Å². The molecule has 0 unspecified atom stereocenters. The zero-order valence-electron chi connectivity index (χ0n) is 17.0. The lowest BCUT2D eigenvalue weighted by Crippen LogP contribution is -2.32. The highest BCUT2D eigenvalue weighted by atomic mass is 35.5. The fourth-order valence-corrected chi connectivity index (χ4v) is 3.87. The lowest BCUT2D eigenvalue weighted by atomic mass is 9.97. The number of nitrogens with one attached hydrogen (secondary N) is 1. The number of rotatable bonds is 4. The third-order valence-corrected chi connectivity index (χ3v) is 5.44. The summed E-state index contributed by atoms with van der Waals surface area (Å²) >= 11 is 6.12. The van der Waals surface area contributed by atoms with E-state index in [4.69, 9.17) is 11.6 Å². The minimum atomic E-state index is -0.402. The number of imide groups is 1. The molecule has 1 aliphatic heterocycles. The highest BCUT2D eigenvalue weighted by Gasteiger charge is 2.40. The molecule has 3 aromatic carbocycles. The van der Waals surface area contributed by atoms with Crippen molar-refractivity contribution >= 4 is 40.4 Å². The van der Waals surface area contributed by atoms with Crippen LogP contribution in [-0.4, -0.2) is 11.8 Å². The number of nitrogens with zero attached hydrogens (tertiary/aromatic N) is 1. The van der Waals surface area contributed by atoms with Crippen LogP contribution in [0.15, 0.2) is 72.4 Å². The molecule has 0 atom stereocenters. The van der Waals surface area contributed by atoms with Gasteiger partial charge in [-0.15, -0.1) is 0 Å². The van der Waals surface area contributed by atoms with Crippen molar-refractivity contribution in [1.82, 2.24) is 0 Å². The molecule has 0 aliphatic carbocycles. The molecule has 1 heterocycles. The summed E-state index contributed by atoms with van der Waals surface area (Å²) in [6, 6.07) is 20.3. The van der Waals surface area contributed by atoms with Crippen LogP contribution in [0.5, 0.6) is 0 Å². The van der Waals surface area contributed by atoms with Gasteiger partial charge >= 0.3 is 0 Å². The van der Waals surface area contributed by atoms with Crippen LogP contribution in [0.1, 0.15) is 22.3 Å². The Labute approximate surface area is 180 Å². The monoisotopic (exact) mass is 416 g/mol. The first-order valence-corrected chi connectivity index (χ1v) is 10.0. The highest BCUT2D eigenvalue weighted by molar-refractivity contribution is 6.46. The molecule has 1 aliphatic rings. The molecule has 0 fully saturated rings. The fraction of sp³-hybridized carbons (Fsp3) is 0.120. The molecule has 5 heteroatoms. The van der Waals surface area contributed by atoms with Gasteiger partial charge in [0.2, 0.25) is 0 Å². The van der Waals surface area contributed by atoms with Crippen molar-refractivity contribution in [3.63, 3.8) is 0 Å². The SMILES string of the molecule is Cc1ccc(C2=C(Nc3ccccc3C)C(=O)N(c3cccc(Cl)c3)C2=O)c(C)c1. The zero-order valence-corrected chi connectivity index (χ0v) is 17.7. The normalized spacial score (nSPS) is 13.9. The number of benzene rings is 3. The number of anilines is 2. The minimum absolute atomic E-state index is 0.265. The molecule has 3 aromatic rings. The van der Waals surface area contributed by atoms with Crippen molar-refractivity contribution in [2.75, 3.05) is 10.2 Å². The summed E-state index contributed by atoms with van der Waals surface area (Å²) in [4.78, 5) is 28.1. The Morgan fingerprint density at radius 2 is 1.57 bits per heavy atom. The Kier molecular flexibility index (Phi) is 5.18. The number of hydrogen-bond acceptors (Lipinski definition) is 3. The van der Waals surface area contributed by atoms with Gasteiger partial charge in [0, 0.05) is 10.7 Å². The number of aryl methyl sites for hydroxylation is 3. The molecule has 0 saturated carbocycles. The largest absolute Gasteiger partial charge is 0.350 e. The van der Waals surface area contributed by atoms with Crippen LogP contribution in [0, 0.1) is 20.8 Å². The number of amides is 2.